The Hall–Kier alpha value is -2.78. The van der Waals surface area contributed by atoms with Crippen LogP contribution in [0.15, 0.2) is 53.4 Å². The van der Waals surface area contributed by atoms with Crippen LogP contribution in [-0.2, 0) is 20.4 Å². The third kappa shape index (κ3) is 3.52. The van der Waals surface area contributed by atoms with E-state index >= 15 is 0 Å². The Morgan fingerprint density at radius 2 is 1.76 bits per heavy atom. The number of primary amides is 1. The molecule has 0 heterocycles. The molecule has 0 fully saturated rings. The predicted octanol–water partition coefficient (Wildman–Crippen LogP) is 1.58. The largest absolute Gasteiger partial charge is 0.368 e. The Balaban J connectivity index is 2.62. The summed E-state index contributed by atoms with van der Waals surface area (Å²) in [5.41, 5.74) is 3.58. The first kappa shape index (κ1) is 18.6. The molecule has 132 valence electrons. The molecular formula is C16H17N3O5S. The van der Waals surface area contributed by atoms with E-state index in [-0.39, 0.29) is 5.56 Å². The van der Waals surface area contributed by atoms with Crippen LogP contribution in [0.25, 0.3) is 0 Å². The predicted molar refractivity (Wildman–Crippen MR) is 91.1 cm³/mol. The summed E-state index contributed by atoms with van der Waals surface area (Å²) in [4.78, 5) is 21.9. The van der Waals surface area contributed by atoms with Crippen LogP contribution in [0, 0.1) is 17.0 Å². The van der Waals surface area contributed by atoms with Crippen molar-refractivity contribution in [2.75, 3.05) is 0 Å². The molecule has 0 aliphatic heterocycles. The van der Waals surface area contributed by atoms with Crippen molar-refractivity contribution >= 4 is 21.6 Å². The second kappa shape index (κ2) is 6.61. The second-order valence-corrected chi connectivity index (χ2v) is 7.26. The van der Waals surface area contributed by atoms with Gasteiger partial charge in [0, 0.05) is 6.07 Å². The van der Waals surface area contributed by atoms with Gasteiger partial charge in [0.05, 0.1) is 4.92 Å². The number of carbonyl (C=O) groups excluding carboxylic acids is 1. The van der Waals surface area contributed by atoms with Gasteiger partial charge in [-0.05, 0) is 25.0 Å². The van der Waals surface area contributed by atoms with Gasteiger partial charge in [0.1, 0.15) is 5.54 Å². The summed E-state index contributed by atoms with van der Waals surface area (Å²) in [6.45, 7) is 2.75. The lowest BCUT2D eigenvalue weighted by molar-refractivity contribution is -0.387. The number of amides is 1. The molecule has 2 rings (SSSR count). The van der Waals surface area contributed by atoms with Crippen LogP contribution >= 0.6 is 0 Å². The number of nitro groups is 1. The topological polar surface area (TPSA) is 132 Å². The lowest BCUT2D eigenvalue weighted by Crippen LogP contribution is -2.52. The van der Waals surface area contributed by atoms with E-state index in [1.54, 1.807) is 30.3 Å². The molecule has 0 bridgehead atoms. The maximum Gasteiger partial charge on any atom is 0.289 e. The molecule has 0 saturated heterocycles. The van der Waals surface area contributed by atoms with E-state index in [4.69, 9.17) is 5.73 Å². The molecule has 1 atom stereocenters. The minimum absolute atomic E-state index is 0.182. The van der Waals surface area contributed by atoms with Crippen molar-refractivity contribution in [1.82, 2.24) is 4.72 Å². The molecule has 2 aromatic rings. The molecular weight excluding hydrogens is 346 g/mol. The third-order valence-electron chi connectivity index (χ3n) is 3.84. The lowest BCUT2D eigenvalue weighted by atomic mass is 9.93. The Morgan fingerprint density at radius 3 is 2.28 bits per heavy atom. The summed E-state index contributed by atoms with van der Waals surface area (Å²) >= 11 is 0. The highest BCUT2D eigenvalue weighted by Crippen LogP contribution is 2.30. The molecule has 0 spiro atoms. The summed E-state index contributed by atoms with van der Waals surface area (Å²) in [5, 5.41) is 11.2. The van der Waals surface area contributed by atoms with Crippen LogP contribution in [0.4, 0.5) is 5.69 Å². The maximum atomic E-state index is 12.8. The molecule has 0 radical (unpaired) electrons. The van der Waals surface area contributed by atoms with Crippen LogP contribution in [-0.4, -0.2) is 19.2 Å². The van der Waals surface area contributed by atoms with Crippen LogP contribution in [0.1, 0.15) is 18.1 Å². The number of nitro benzene ring substituents is 1. The van der Waals surface area contributed by atoms with Gasteiger partial charge in [-0.2, -0.15) is 4.72 Å². The minimum Gasteiger partial charge on any atom is -0.368 e. The van der Waals surface area contributed by atoms with E-state index in [1.165, 1.54) is 26.0 Å². The standard InChI is InChI=1S/C16H17N3O5S/c1-11-7-6-10-13(19(21)22)14(11)25(23,24)18-16(2,15(17)20)12-8-4-3-5-9-12/h3-10,18H,1-2H3,(H2,17,20). The summed E-state index contributed by atoms with van der Waals surface area (Å²) < 4.78 is 27.9. The van der Waals surface area contributed by atoms with Gasteiger partial charge in [-0.25, -0.2) is 8.42 Å². The Morgan fingerprint density at radius 1 is 1.16 bits per heavy atom. The third-order valence-corrected chi connectivity index (χ3v) is 5.58. The number of sulfonamides is 1. The van der Waals surface area contributed by atoms with E-state index < -0.39 is 37.0 Å². The van der Waals surface area contributed by atoms with Gasteiger partial charge in [0.2, 0.25) is 15.9 Å². The number of aryl methyl sites for hydroxylation is 1. The maximum absolute atomic E-state index is 12.8. The van der Waals surface area contributed by atoms with Crippen LogP contribution < -0.4 is 10.5 Å². The van der Waals surface area contributed by atoms with Crippen molar-refractivity contribution in [2.24, 2.45) is 5.73 Å². The first-order chi connectivity index (χ1) is 11.6. The minimum atomic E-state index is -4.41. The fourth-order valence-electron chi connectivity index (χ4n) is 2.47. The molecule has 0 aromatic heterocycles. The Bertz CT molecular complexity index is 928. The molecule has 0 aliphatic rings. The Labute approximate surface area is 144 Å². The first-order valence-corrected chi connectivity index (χ1v) is 8.71. The van der Waals surface area contributed by atoms with Gasteiger partial charge in [-0.3, -0.25) is 14.9 Å². The molecule has 9 heteroatoms. The van der Waals surface area contributed by atoms with E-state index in [0.29, 0.717) is 5.56 Å². The number of nitrogens with two attached hydrogens (primary N) is 1. The molecule has 0 aliphatic carbocycles. The number of carbonyl (C=O) groups is 1. The van der Waals surface area contributed by atoms with E-state index in [0.717, 1.165) is 6.07 Å². The number of hydrogen-bond donors (Lipinski definition) is 2. The number of benzene rings is 2. The fourth-order valence-corrected chi connectivity index (χ4v) is 4.24. The molecule has 1 amide bonds. The molecule has 2 aromatic carbocycles. The molecule has 3 N–H and O–H groups in total. The van der Waals surface area contributed by atoms with Crippen molar-refractivity contribution in [3.8, 4) is 0 Å². The van der Waals surface area contributed by atoms with Gasteiger partial charge >= 0.3 is 0 Å². The molecule has 0 saturated carbocycles. The monoisotopic (exact) mass is 363 g/mol. The highest BCUT2D eigenvalue weighted by molar-refractivity contribution is 7.89. The summed E-state index contributed by atoms with van der Waals surface area (Å²) in [7, 11) is -4.41. The van der Waals surface area contributed by atoms with Crippen molar-refractivity contribution in [3.63, 3.8) is 0 Å². The lowest BCUT2D eigenvalue weighted by Gasteiger charge is -2.27. The average molecular weight is 363 g/mol. The zero-order valence-corrected chi connectivity index (χ0v) is 14.4. The number of rotatable bonds is 6. The van der Waals surface area contributed by atoms with Crippen LogP contribution in [0.3, 0.4) is 0 Å². The van der Waals surface area contributed by atoms with Gasteiger partial charge in [-0.15, -0.1) is 0 Å². The zero-order valence-electron chi connectivity index (χ0n) is 13.6. The first-order valence-electron chi connectivity index (χ1n) is 7.23. The molecule has 1 unspecified atom stereocenters. The van der Waals surface area contributed by atoms with Crippen molar-refractivity contribution in [2.45, 2.75) is 24.3 Å². The van der Waals surface area contributed by atoms with Crippen molar-refractivity contribution < 1.29 is 18.1 Å². The molecule has 25 heavy (non-hydrogen) atoms. The average Bonchev–Trinajstić information content (AvgIpc) is 2.54. The van der Waals surface area contributed by atoms with Gasteiger partial charge in [-0.1, -0.05) is 42.5 Å². The second-order valence-electron chi connectivity index (χ2n) is 5.64. The number of nitrogens with one attached hydrogen (secondary N) is 1. The smallest absolute Gasteiger partial charge is 0.289 e. The highest BCUT2D eigenvalue weighted by Gasteiger charge is 2.40. The summed E-state index contributed by atoms with van der Waals surface area (Å²) in [6.07, 6.45) is 0. The van der Waals surface area contributed by atoms with Crippen LogP contribution in [0.2, 0.25) is 0 Å². The normalized spacial score (nSPS) is 13.8. The van der Waals surface area contributed by atoms with Gasteiger partial charge in [0.15, 0.2) is 4.90 Å². The number of hydrogen-bond acceptors (Lipinski definition) is 5. The Kier molecular flexibility index (Phi) is 4.91. The van der Waals surface area contributed by atoms with Gasteiger partial charge < -0.3 is 5.73 Å². The van der Waals surface area contributed by atoms with E-state index in [1.807, 2.05) is 0 Å². The number of nitrogens with zero attached hydrogens (tertiary/aromatic N) is 1. The quantitative estimate of drug-likeness (QED) is 0.594. The summed E-state index contributed by atoms with van der Waals surface area (Å²) in [6, 6.07) is 11.9. The van der Waals surface area contributed by atoms with Crippen molar-refractivity contribution in [3.05, 3.63) is 69.8 Å². The van der Waals surface area contributed by atoms with E-state index in [9.17, 15) is 23.3 Å². The molecule has 8 nitrogen and oxygen atoms in total. The summed E-state index contributed by atoms with van der Waals surface area (Å²) in [5.74, 6) is -0.932. The SMILES string of the molecule is Cc1cccc([N+](=O)[O-])c1S(=O)(=O)NC(C)(C(N)=O)c1ccccc1. The van der Waals surface area contributed by atoms with E-state index in [2.05, 4.69) is 4.72 Å². The van der Waals surface area contributed by atoms with Gasteiger partial charge in [0.25, 0.3) is 5.69 Å². The highest BCUT2D eigenvalue weighted by atomic mass is 32.2. The fraction of sp³-hybridized carbons (Fsp3) is 0.188. The van der Waals surface area contributed by atoms with Crippen molar-refractivity contribution in [1.29, 1.82) is 0 Å². The zero-order chi connectivity index (χ0) is 18.8. The van der Waals surface area contributed by atoms with Crippen LogP contribution in [0.5, 0.6) is 0 Å².